The predicted octanol–water partition coefficient (Wildman–Crippen LogP) is 1.19. The van der Waals surface area contributed by atoms with Crippen LogP contribution in [0.2, 0.25) is 0 Å². The molecule has 0 aromatic carbocycles. The number of aromatic amines is 1. The SMILES string of the molecule is Cc1nn(C)c2n[nH]c(NC(=O)[C@@H]3CC(=O)N(Cc4ccco4)C3)c12. The van der Waals surface area contributed by atoms with Gasteiger partial charge in [0.05, 0.1) is 29.8 Å². The minimum Gasteiger partial charge on any atom is -0.467 e. The molecule has 0 bridgehead atoms. The average Bonchev–Trinajstić information content (AvgIpc) is 3.31. The number of aryl methyl sites for hydroxylation is 2. The first-order valence-electron chi connectivity index (χ1n) is 8.01. The largest absolute Gasteiger partial charge is 0.467 e. The van der Waals surface area contributed by atoms with Gasteiger partial charge in [0.2, 0.25) is 11.8 Å². The molecule has 3 aromatic heterocycles. The number of aromatic nitrogens is 4. The fraction of sp³-hybridized carbons (Fsp3) is 0.375. The molecule has 130 valence electrons. The molecule has 0 spiro atoms. The molecule has 1 aliphatic heterocycles. The molecule has 1 atom stereocenters. The minimum atomic E-state index is -0.405. The average molecular weight is 342 g/mol. The number of H-pyrrole nitrogens is 1. The number of furan rings is 1. The van der Waals surface area contributed by atoms with Gasteiger partial charge in [0, 0.05) is 20.0 Å². The maximum absolute atomic E-state index is 12.6. The third kappa shape index (κ3) is 2.67. The van der Waals surface area contributed by atoms with E-state index in [2.05, 4.69) is 20.6 Å². The number of nitrogens with zero attached hydrogens (tertiary/aromatic N) is 4. The molecule has 0 radical (unpaired) electrons. The third-order valence-electron chi connectivity index (χ3n) is 4.48. The van der Waals surface area contributed by atoms with Crippen LogP contribution in [0.15, 0.2) is 22.8 Å². The van der Waals surface area contributed by atoms with E-state index in [1.807, 2.05) is 13.0 Å². The zero-order valence-corrected chi connectivity index (χ0v) is 13.9. The number of likely N-dealkylation sites (tertiary alicyclic amines) is 1. The second-order valence-electron chi connectivity index (χ2n) is 6.25. The number of carbonyl (C=O) groups is 2. The summed E-state index contributed by atoms with van der Waals surface area (Å²) >= 11 is 0. The highest BCUT2D eigenvalue weighted by Crippen LogP contribution is 2.26. The molecule has 9 heteroatoms. The molecule has 0 aliphatic carbocycles. The summed E-state index contributed by atoms with van der Waals surface area (Å²) < 4.78 is 6.93. The minimum absolute atomic E-state index is 0.0520. The van der Waals surface area contributed by atoms with E-state index in [4.69, 9.17) is 4.42 Å². The lowest BCUT2D eigenvalue weighted by molar-refractivity contribution is -0.128. The van der Waals surface area contributed by atoms with Crippen LogP contribution in [0.1, 0.15) is 17.9 Å². The number of hydrogen-bond donors (Lipinski definition) is 2. The molecule has 2 N–H and O–H groups in total. The maximum atomic E-state index is 12.6. The lowest BCUT2D eigenvalue weighted by Crippen LogP contribution is -2.28. The second kappa shape index (κ2) is 5.76. The Labute approximate surface area is 143 Å². The molecule has 1 saturated heterocycles. The zero-order chi connectivity index (χ0) is 17.6. The normalized spacial score (nSPS) is 17.6. The van der Waals surface area contributed by atoms with Gasteiger partial charge in [0.15, 0.2) is 5.65 Å². The van der Waals surface area contributed by atoms with E-state index >= 15 is 0 Å². The van der Waals surface area contributed by atoms with Gasteiger partial charge >= 0.3 is 0 Å². The Morgan fingerprint density at radius 2 is 2.36 bits per heavy atom. The number of rotatable bonds is 4. The molecule has 0 saturated carbocycles. The molecule has 4 rings (SSSR count). The van der Waals surface area contributed by atoms with Crippen LogP contribution in [-0.2, 0) is 23.2 Å². The Hall–Kier alpha value is -3.10. The third-order valence-corrected chi connectivity index (χ3v) is 4.48. The molecule has 0 unspecified atom stereocenters. The summed E-state index contributed by atoms with van der Waals surface area (Å²) in [5, 5.41) is 14.9. The van der Waals surface area contributed by atoms with Crippen molar-refractivity contribution in [3.05, 3.63) is 29.9 Å². The predicted molar refractivity (Wildman–Crippen MR) is 88.5 cm³/mol. The Balaban J connectivity index is 1.47. The molecule has 1 aliphatic rings. The Bertz CT molecular complexity index is 939. The number of hydrogen-bond acceptors (Lipinski definition) is 5. The highest BCUT2D eigenvalue weighted by molar-refractivity contribution is 6.02. The molecule has 2 amide bonds. The van der Waals surface area contributed by atoms with Crippen molar-refractivity contribution in [2.45, 2.75) is 19.9 Å². The molecular formula is C16H18N6O3. The lowest BCUT2D eigenvalue weighted by atomic mass is 10.1. The Morgan fingerprint density at radius 1 is 1.52 bits per heavy atom. The van der Waals surface area contributed by atoms with Gasteiger partial charge in [-0.05, 0) is 19.1 Å². The van der Waals surface area contributed by atoms with Crippen LogP contribution >= 0.6 is 0 Å². The summed E-state index contributed by atoms with van der Waals surface area (Å²) in [5.41, 5.74) is 1.46. The summed E-state index contributed by atoms with van der Waals surface area (Å²) in [5.74, 6) is 0.559. The highest BCUT2D eigenvalue weighted by atomic mass is 16.3. The van der Waals surface area contributed by atoms with E-state index in [0.29, 0.717) is 30.3 Å². The first-order chi connectivity index (χ1) is 12.0. The second-order valence-corrected chi connectivity index (χ2v) is 6.25. The molecule has 25 heavy (non-hydrogen) atoms. The van der Waals surface area contributed by atoms with Crippen molar-refractivity contribution >= 4 is 28.7 Å². The van der Waals surface area contributed by atoms with Crippen molar-refractivity contribution in [2.24, 2.45) is 13.0 Å². The monoisotopic (exact) mass is 342 g/mol. The van der Waals surface area contributed by atoms with Crippen LogP contribution in [0.3, 0.4) is 0 Å². The molecule has 3 aromatic rings. The summed E-state index contributed by atoms with van der Waals surface area (Å²) in [6.07, 6.45) is 1.76. The fourth-order valence-electron chi connectivity index (χ4n) is 3.24. The lowest BCUT2D eigenvalue weighted by Gasteiger charge is -2.14. The first-order valence-corrected chi connectivity index (χ1v) is 8.01. The molecule has 9 nitrogen and oxygen atoms in total. The van der Waals surface area contributed by atoms with Gasteiger partial charge in [-0.15, -0.1) is 0 Å². The zero-order valence-electron chi connectivity index (χ0n) is 13.9. The quantitative estimate of drug-likeness (QED) is 0.740. The van der Waals surface area contributed by atoms with Gasteiger partial charge in [-0.2, -0.15) is 10.2 Å². The fourth-order valence-corrected chi connectivity index (χ4v) is 3.24. The highest BCUT2D eigenvalue weighted by Gasteiger charge is 2.35. The van der Waals surface area contributed by atoms with Crippen LogP contribution in [0.25, 0.3) is 11.0 Å². The topological polar surface area (TPSA) is 109 Å². The van der Waals surface area contributed by atoms with E-state index in [0.717, 1.165) is 11.1 Å². The van der Waals surface area contributed by atoms with Crippen LogP contribution in [0.5, 0.6) is 0 Å². The van der Waals surface area contributed by atoms with Crippen molar-refractivity contribution in [3.63, 3.8) is 0 Å². The number of amides is 2. The number of carbonyl (C=O) groups excluding carboxylic acids is 2. The summed E-state index contributed by atoms with van der Waals surface area (Å²) in [4.78, 5) is 26.4. The number of anilines is 1. The van der Waals surface area contributed by atoms with Crippen molar-refractivity contribution in [2.75, 3.05) is 11.9 Å². The van der Waals surface area contributed by atoms with Crippen LogP contribution in [0.4, 0.5) is 5.82 Å². The Kier molecular flexibility index (Phi) is 3.56. The standard InChI is InChI=1S/C16H18N6O3/c1-9-13-14(18-19-15(13)21(2)20-9)17-16(24)10-6-12(23)22(7-10)8-11-4-3-5-25-11/h3-5,10H,6-8H2,1-2H3,(H2,17,18,19,24)/t10-/m1/s1. The van der Waals surface area contributed by atoms with E-state index < -0.39 is 5.92 Å². The summed E-state index contributed by atoms with van der Waals surface area (Å²) in [7, 11) is 1.80. The molecular weight excluding hydrogens is 324 g/mol. The van der Waals surface area contributed by atoms with Crippen molar-refractivity contribution in [1.82, 2.24) is 24.9 Å². The number of fused-ring (bicyclic) bond motifs is 1. The first kappa shape index (κ1) is 15.4. The van der Waals surface area contributed by atoms with Gasteiger partial charge in [-0.3, -0.25) is 14.7 Å². The van der Waals surface area contributed by atoms with Gasteiger partial charge in [-0.25, -0.2) is 4.68 Å². The van der Waals surface area contributed by atoms with E-state index in [-0.39, 0.29) is 18.2 Å². The molecule has 1 fully saturated rings. The maximum Gasteiger partial charge on any atom is 0.230 e. The van der Waals surface area contributed by atoms with Crippen molar-refractivity contribution < 1.29 is 14.0 Å². The van der Waals surface area contributed by atoms with Crippen molar-refractivity contribution in [1.29, 1.82) is 0 Å². The van der Waals surface area contributed by atoms with E-state index in [1.54, 1.807) is 29.0 Å². The van der Waals surface area contributed by atoms with Gasteiger partial charge in [0.1, 0.15) is 11.6 Å². The van der Waals surface area contributed by atoms with Gasteiger partial charge < -0.3 is 14.6 Å². The van der Waals surface area contributed by atoms with E-state index in [9.17, 15) is 9.59 Å². The Morgan fingerprint density at radius 3 is 3.12 bits per heavy atom. The number of nitrogens with one attached hydrogen (secondary N) is 2. The summed E-state index contributed by atoms with van der Waals surface area (Å²) in [6, 6.07) is 3.59. The van der Waals surface area contributed by atoms with Gasteiger partial charge in [0.25, 0.3) is 0 Å². The van der Waals surface area contributed by atoms with Crippen molar-refractivity contribution in [3.8, 4) is 0 Å². The van der Waals surface area contributed by atoms with Crippen LogP contribution in [0, 0.1) is 12.8 Å². The smallest absolute Gasteiger partial charge is 0.230 e. The summed E-state index contributed by atoms with van der Waals surface area (Å²) in [6.45, 7) is 2.61. The van der Waals surface area contributed by atoms with Crippen LogP contribution in [-0.4, -0.2) is 43.2 Å². The van der Waals surface area contributed by atoms with Gasteiger partial charge in [-0.1, -0.05) is 0 Å². The van der Waals surface area contributed by atoms with Crippen LogP contribution < -0.4 is 5.32 Å². The molecule has 4 heterocycles. The van der Waals surface area contributed by atoms with E-state index in [1.165, 1.54) is 0 Å².